The van der Waals surface area contributed by atoms with Crippen molar-refractivity contribution in [3.63, 3.8) is 0 Å². The molecule has 4 aromatic heterocycles. The van der Waals surface area contributed by atoms with Crippen molar-refractivity contribution in [2.45, 2.75) is 185 Å². The van der Waals surface area contributed by atoms with Crippen molar-refractivity contribution in [1.82, 2.24) is 49.0 Å². The Kier molecular flexibility index (Phi) is 35.5. The number of aliphatic hydroxyl groups excluding tert-OH is 2. The van der Waals surface area contributed by atoms with Gasteiger partial charge in [0, 0.05) is 111 Å². The summed E-state index contributed by atoms with van der Waals surface area (Å²) in [4.78, 5) is 202. The number of nitrogens with zero attached hydrogens (tertiary/aromatic N) is 7. The summed E-state index contributed by atoms with van der Waals surface area (Å²) in [7, 11) is -47.5. The number of phosphoric ester groups is 4. The standard InChI is InChI=1S/C66H93N11O42P8/c1-40-33-74(64(86)68-61(40)83)56-30-48(79)51(111-56)37-109-121(91,92)114-50-32-58(76-35-42(3)63(85)70-66(76)88)113-53(50)39-108-120(89,90)107-29-28-105-26-15-18-44(78)17-7-11-23-55(82)73-36-43-16-6-8-19-45(43)60-59(46-20-9-10-21-47(46)73)71-72-77(60)25-14-22-54(81)67-24-12-4-5-13-27-106-122(93,94)115-124(97,98)117-126(101,102)119-127(103,104)118-125(99,100)116-123(95,96)110-38-52-49(80)31-57(112-52)75-34-41(2)62(84)69-65(75)87/h6,8-10,16,19-21,33-35,48-53,56-58,79-80H,4-5,7,11-15,17-18,22-32,36-39H2,1-3H3,(H,67,81)(H,89,90)(H,91,92)(H,93,94)(H,95,96)(H,97,98)(H,99,100)(H,101,102)(H,103,104)(H,68,83,86)(H,69,84,87)(H,70,85,88)/t48?,49?,50?,51-,52+,53-,56-,57+,58-/m1/s1. The lowest BCUT2D eigenvalue weighted by Gasteiger charge is -2.28. The number of unbranched alkanes of at least 4 members (excludes halogenated alkanes) is 4. The Morgan fingerprint density at radius 1 is 0.480 bits per heavy atom. The van der Waals surface area contributed by atoms with Crippen LogP contribution < -0.4 is 44.0 Å². The van der Waals surface area contributed by atoms with Crippen molar-refractivity contribution in [2.75, 3.05) is 57.7 Å². The van der Waals surface area contributed by atoms with Crippen LogP contribution in [0.3, 0.4) is 0 Å². The summed E-state index contributed by atoms with van der Waals surface area (Å²) in [5.41, 5.74) is -0.653. The number of aromatic nitrogens is 9. The third-order valence-corrected chi connectivity index (χ3v) is 30.5. The van der Waals surface area contributed by atoms with E-state index in [0.29, 0.717) is 54.7 Å². The fraction of sp³-hybridized carbons (Fsp3) is 0.561. The maximum atomic E-state index is 14.2. The van der Waals surface area contributed by atoms with Crippen LogP contribution in [0.5, 0.6) is 0 Å². The Bertz CT molecular complexity index is 5740. The van der Waals surface area contributed by atoms with Crippen molar-refractivity contribution >= 4 is 85.9 Å². The van der Waals surface area contributed by atoms with E-state index < -0.39 is 185 Å². The first kappa shape index (κ1) is 102. The molecule has 8 heterocycles. The van der Waals surface area contributed by atoms with Crippen LogP contribution in [0.1, 0.15) is 137 Å². The molecule has 17 atom stereocenters. The monoisotopic (exact) mass is 1960 g/mol. The Hall–Kier alpha value is -6.93. The van der Waals surface area contributed by atoms with E-state index in [1.807, 2.05) is 35.3 Å². The molecule has 3 saturated heterocycles. The molecule has 704 valence electrons. The number of H-pyrrole nitrogens is 3. The molecular weight excluding hydrogens is 1870 g/mol. The lowest BCUT2D eigenvalue weighted by Crippen LogP contribution is -2.33. The van der Waals surface area contributed by atoms with Gasteiger partial charge in [-0.15, -0.1) is 5.10 Å². The molecule has 3 fully saturated rings. The minimum absolute atomic E-state index is 0.0157. The molecule has 2 aromatic carbocycles. The number of hydrogen-bond acceptors (Lipinski definition) is 36. The quantitative estimate of drug-likeness (QED) is 0.0186. The van der Waals surface area contributed by atoms with Gasteiger partial charge in [-0.2, -0.15) is 21.6 Å². The average molecular weight is 1960 g/mol. The summed E-state index contributed by atoms with van der Waals surface area (Å²) in [5.74, 6) is -0.633. The number of hydrogen-bond donors (Lipinski definition) is 14. The second-order valence-electron chi connectivity index (χ2n) is 29.0. The maximum absolute atomic E-state index is 14.2. The number of carbonyl (C=O) groups excluding carboxylic acids is 3. The lowest BCUT2D eigenvalue weighted by molar-refractivity contribution is -0.121. The zero-order valence-corrected chi connectivity index (χ0v) is 74.6. The summed E-state index contributed by atoms with van der Waals surface area (Å²) in [6.07, 6.45) is -6.94. The number of phosphoric acid groups is 8. The van der Waals surface area contributed by atoms with E-state index in [4.69, 9.17) is 37.0 Å². The van der Waals surface area contributed by atoms with Crippen LogP contribution in [0.15, 0.2) is 95.9 Å². The predicted octanol–water partition coefficient (Wildman–Crippen LogP) is 4.36. The number of carbonyl (C=O) groups is 3. The van der Waals surface area contributed by atoms with E-state index in [1.54, 1.807) is 27.8 Å². The number of ketones is 1. The topological polar surface area (TPSA) is 739 Å². The minimum atomic E-state index is -6.57. The number of rotatable bonds is 49. The predicted molar refractivity (Wildman–Crippen MR) is 431 cm³/mol. The Balaban J connectivity index is 0.587. The van der Waals surface area contributed by atoms with Gasteiger partial charge < -0.3 is 78.5 Å². The number of anilines is 1. The van der Waals surface area contributed by atoms with Gasteiger partial charge in [0.05, 0.1) is 69.8 Å². The first-order valence-electron chi connectivity index (χ1n) is 38.7. The second-order valence-corrected chi connectivity index (χ2v) is 41.3. The van der Waals surface area contributed by atoms with Crippen LogP contribution in [0.2, 0.25) is 0 Å². The first-order valence-corrected chi connectivity index (χ1v) is 50.7. The second kappa shape index (κ2) is 44.1. The van der Waals surface area contributed by atoms with Gasteiger partial charge in [0.1, 0.15) is 54.6 Å². The molecule has 0 aliphatic carbocycles. The molecule has 6 aromatic rings. The highest BCUT2D eigenvalue weighted by Crippen LogP contribution is 2.75. The molecule has 53 nitrogen and oxygen atoms in total. The summed E-state index contributed by atoms with van der Waals surface area (Å²) >= 11 is 0. The van der Waals surface area contributed by atoms with Crippen LogP contribution in [-0.2, 0) is 132 Å². The highest BCUT2D eigenvalue weighted by molar-refractivity contribution is 7.72. The van der Waals surface area contributed by atoms with E-state index in [9.17, 15) is 129 Å². The van der Waals surface area contributed by atoms with Gasteiger partial charge in [0.2, 0.25) is 11.8 Å². The van der Waals surface area contributed by atoms with E-state index in [0.717, 1.165) is 37.2 Å². The third kappa shape index (κ3) is 30.0. The van der Waals surface area contributed by atoms with Gasteiger partial charge >= 0.3 is 79.7 Å². The number of benzene rings is 2. The maximum Gasteiger partial charge on any atom is 0.490 e. The number of Topliss-reactive ketones (excluding diaryl/α,β-unsaturated/α-hetero) is 1. The first-order chi connectivity index (χ1) is 59.6. The van der Waals surface area contributed by atoms with Gasteiger partial charge in [-0.3, -0.25) is 84.6 Å². The number of fused-ring (bicyclic) bond motifs is 5. The molecule has 14 N–H and O–H groups in total. The molecule has 61 heteroatoms. The van der Waals surface area contributed by atoms with Crippen LogP contribution in [0, 0.1) is 20.8 Å². The van der Waals surface area contributed by atoms with E-state index in [1.165, 1.54) is 27.0 Å². The SMILES string of the molecule is Cc1cn([C@@H]2CC(O)[C@H](COP(=O)(O)OP(=O)(O)OP(=O)(O)OP(=O)(O)OP(=O)(O)OP(=O)(O)OCCCCCCNC(=O)CCCn3nnc4c3-c3ccccc3CN(C(=O)CCCCC(=O)CCCOCCOP(=O)(O)OC[C@H]3O[C@@H](n5cc(C)c(=O)[nH]c5=O)CC3OP(=O)(O)OC[C@H]3O[C@@H](n5cc(C)c(=O)[nH]c5=O)CC3O)c3ccccc3-4)O2)c(=O)[nH]c1=O. The molecule has 0 bridgehead atoms. The van der Waals surface area contributed by atoms with Gasteiger partial charge in [-0.05, 0) is 70.9 Å². The molecule has 4 aliphatic rings. The highest BCUT2D eigenvalue weighted by atomic mass is 31.3. The van der Waals surface area contributed by atoms with Gasteiger partial charge in [-0.1, -0.05) is 60.5 Å². The number of para-hydroxylation sites is 1. The van der Waals surface area contributed by atoms with Gasteiger partial charge in [0.25, 0.3) is 16.7 Å². The smallest absolute Gasteiger partial charge is 0.390 e. The number of aliphatic hydroxyl groups is 2. The molecule has 0 spiro atoms. The van der Waals surface area contributed by atoms with Crippen molar-refractivity contribution in [3.8, 4) is 22.5 Å². The minimum Gasteiger partial charge on any atom is -0.390 e. The molecule has 11 unspecified atom stereocenters. The van der Waals surface area contributed by atoms with E-state index in [2.05, 4.69) is 56.2 Å². The Morgan fingerprint density at radius 2 is 0.937 bits per heavy atom. The molecule has 2 amide bonds. The van der Waals surface area contributed by atoms with Crippen LogP contribution in [0.4, 0.5) is 5.69 Å². The molecule has 10 rings (SSSR count). The van der Waals surface area contributed by atoms with Crippen LogP contribution in [-0.4, -0.2) is 200 Å². The fourth-order valence-corrected chi connectivity index (χ4v) is 22.8. The molecule has 0 radical (unpaired) electrons. The summed E-state index contributed by atoms with van der Waals surface area (Å²) in [6.45, 7) is 0.753. The number of ether oxygens (including phenoxy) is 4. The third-order valence-electron chi connectivity index (χ3n) is 19.3. The summed E-state index contributed by atoms with van der Waals surface area (Å²) in [5, 5.41) is 32.9. The zero-order chi connectivity index (χ0) is 92.8. The molecule has 4 aliphatic heterocycles. The number of nitrogens with one attached hydrogen (secondary N) is 4. The van der Waals surface area contributed by atoms with Gasteiger partial charge in [0.15, 0.2) is 0 Å². The molecule has 127 heavy (non-hydrogen) atoms. The largest absolute Gasteiger partial charge is 0.490 e. The van der Waals surface area contributed by atoms with Crippen molar-refractivity contribution in [3.05, 3.63) is 152 Å². The number of aromatic amines is 3. The summed E-state index contributed by atoms with van der Waals surface area (Å²) < 4.78 is 177. The zero-order valence-electron chi connectivity index (χ0n) is 67.5. The van der Waals surface area contributed by atoms with E-state index >= 15 is 0 Å². The van der Waals surface area contributed by atoms with Crippen molar-refractivity contribution in [1.29, 1.82) is 0 Å². The van der Waals surface area contributed by atoms with Crippen LogP contribution >= 0.6 is 62.6 Å². The normalized spacial score (nSPS) is 23.2. The number of amides is 2. The molecular formula is C66H93N11O42P8. The average Bonchev–Trinajstić information content (AvgIpc) is 1.65. The van der Waals surface area contributed by atoms with Crippen molar-refractivity contribution < 1.29 is 168 Å². The fourth-order valence-electron chi connectivity index (χ4n) is 13.3. The summed E-state index contributed by atoms with van der Waals surface area (Å²) in [6, 6.07) is 14.6. The Morgan fingerprint density at radius 3 is 1.50 bits per heavy atom. The lowest BCUT2D eigenvalue weighted by atomic mass is 9.95. The molecule has 0 saturated carbocycles. The van der Waals surface area contributed by atoms with E-state index in [-0.39, 0.29) is 131 Å². The van der Waals surface area contributed by atoms with Crippen LogP contribution in [0.25, 0.3) is 22.5 Å². The number of aryl methyl sites for hydroxylation is 4. The highest BCUT2D eigenvalue weighted by Gasteiger charge is 2.51. The Labute approximate surface area is 717 Å². The van der Waals surface area contributed by atoms with Crippen molar-refractivity contribution in [2.24, 2.45) is 0 Å². The van der Waals surface area contributed by atoms with Gasteiger partial charge in [-0.25, -0.2) is 55.6 Å².